The standard InChI is InChI=1S/C15H17NO5/c1-9-10(8-17)5-4-6-12(9)16-7-11-13(18)20-15(2,3)21-14(11)19/h4-7,16-17H,8H2,1-3H3. The Hall–Kier alpha value is -2.34. The van der Waals surface area contributed by atoms with Crippen LogP contribution in [0.5, 0.6) is 0 Å². The van der Waals surface area contributed by atoms with Crippen molar-refractivity contribution < 1.29 is 24.2 Å². The number of hydrogen-bond acceptors (Lipinski definition) is 6. The van der Waals surface area contributed by atoms with Gasteiger partial charge in [0.05, 0.1) is 6.61 Å². The zero-order valence-corrected chi connectivity index (χ0v) is 12.1. The number of ether oxygens (including phenoxy) is 2. The van der Waals surface area contributed by atoms with Gasteiger partial charge in [-0.1, -0.05) is 12.1 Å². The first kappa shape index (κ1) is 15.1. The largest absolute Gasteiger partial charge is 0.419 e. The summed E-state index contributed by atoms with van der Waals surface area (Å²) in [7, 11) is 0. The summed E-state index contributed by atoms with van der Waals surface area (Å²) >= 11 is 0. The molecule has 1 saturated heterocycles. The van der Waals surface area contributed by atoms with Gasteiger partial charge in [0.25, 0.3) is 5.79 Å². The average molecular weight is 291 g/mol. The highest BCUT2D eigenvalue weighted by Gasteiger charge is 2.38. The molecule has 0 aliphatic carbocycles. The lowest BCUT2D eigenvalue weighted by Gasteiger charge is -2.29. The van der Waals surface area contributed by atoms with E-state index < -0.39 is 17.7 Å². The van der Waals surface area contributed by atoms with Crippen LogP contribution >= 0.6 is 0 Å². The minimum absolute atomic E-state index is 0.0871. The van der Waals surface area contributed by atoms with Crippen molar-refractivity contribution >= 4 is 17.6 Å². The van der Waals surface area contributed by atoms with Crippen LogP contribution in [0, 0.1) is 6.92 Å². The van der Waals surface area contributed by atoms with E-state index in [1.165, 1.54) is 20.0 Å². The lowest BCUT2D eigenvalue weighted by molar-refractivity contribution is -0.222. The first-order chi connectivity index (χ1) is 9.84. The normalized spacial score (nSPS) is 17.0. The number of hydrogen-bond donors (Lipinski definition) is 2. The van der Waals surface area contributed by atoms with Crippen LogP contribution in [-0.2, 0) is 25.7 Å². The summed E-state index contributed by atoms with van der Waals surface area (Å²) in [5, 5.41) is 12.1. The van der Waals surface area contributed by atoms with Crippen LogP contribution in [-0.4, -0.2) is 22.8 Å². The fourth-order valence-corrected chi connectivity index (χ4v) is 1.94. The molecule has 2 N–H and O–H groups in total. The molecule has 1 aromatic carbocycles. The van der Waals surface area contributed by atoms with Crippen LogP contribution in [0.25, 0.3) is 0 Å². The Morgan fingerprint density at radius 1 is 1.24 bits per heavy atom. The molecule has 6 heteroatoms. The van der Waals surface area contributed by atoms with E-state index in [0.29, 0.717) is 5.69 Å². The molecule has 0 radical (unpaired) electrons. The maximum atomic E-state index is 11.8. The van der Waals surface area contributed by atoms with Gasteiger partial charge in [-0.15, -0.1) is 0 Å². The Kier molecular flexibility index (Phi) is 3.99. The molecular formula is C15H17NO5. The number of esters is 2. The van der Waals surface area contributed by atoms with Gasteiger partial charge in [0.2, 0.25) is 0 Å². The van der Waals surface area contributed by atoms with Crippen molar-refractivity contribution in [1.82, 2.24) is 0 Å². The Morgan fingerprint density at radius 3 is 2.43 bits per heavy atom. The number of nitrogens with one attached hydrogen (secondary N) is 1. The number of cyclic esters (lactones) is 2. The Balaban J connectivity index is 2.22. The third-order valence-electron chi connectivity index (χ3n) is 3.11. The first-order valence-electron chi connectivity index (χ1n) is 6.47. The minimum Gasteiger partial charge on any atom is -0.419 e. The van der Waals surface area contributed by atoms with Crippen molar-refractivity contribution in [2.45, 2.75) is 33.2 Å². The smallest absolute Gasteiger partial charge is 0.350 e. The fourth-order valence-electron chi connectivity index (χ4n) is 1.94. The average Bonchev–Trinajstić information content (AvgIpc) is 2.38. The molecule has 1 aromatic rings. The van der Waals surface area contributed by atoms with Crippen LogP contribution in [0.4, 0.5) is 5.69 Å². The van der Waals surface area contributed by atoms with Gasteiger partial charge < -0.3 is 19.9 Å². The number of anilines is 1. The fraction of sp³-hybridized carbons (Fsp3) is 0.333. The summed E-state index contributed by atoms with van der Waals surface area (Å²) in [6, 6.07) is 5.33. The van der Waals surface area contributed by atoms with Gasteiger partial charge in [-0.05, 0) is 24.1 Å². The summed E-state index contributed by atoms with van der Waals surface area (Å²) in [6.07, 6.45) is 1.25. The van der Waals surface area contributed by atoms with Gasteiger partial charge in [0.1, 0.15) is 0 Å². The van der Waals surface area contributed by atoms with Crippen LogP contribution in [0.2, 0.25) is 0 Å². The summed E-state index contributed by atoms with van der Waals surface area (Å²) < 4.78 is 9.98. The van der Waals surface area contributed by atoms with Gasteiger partial charge in [0.15, 0.2) is 5.57 Å². The van der Waals surface area contributed by atoms with Crippen molar-refractivity contribution in [3.8, 4) is 0 Å². The van der Waals surface area contributed by atoms with Crippen LogP contribution in [0.15, 0.2) is 30.0 Å². The summed E-state index contributed by atoms with van der Waals surface area (Å²) in [6.45, 7) is 4.72. The zero-order valence-electron chi connectivity index (χ0n) is 12.1. The molecule has 21 heavy (non-hydrogen) atoms. The topological polar surface area (TPSA) is 84.9 Å². The molecule has 0 saturated carbocycles. The van der Waals surface area contributed by atoms with E-state index in [9.17, 15) is 14.7 Å². The molecule has 0 bridgehead atoms. The van der Waals surface area contributed by atoms with E-state index in [4.69, 9.17) is 9.47 Å². The van der Waals surface area contributed by atoms with E-state index in [0.717, 1.165) is 11.1 Å². The zero-order chi connectivity index (χ0) is 15.6. The SMILES string of the molecule is Cc1c(CO)cccc1NC=C1C(=O)OC(C)(C)OC1=O. The van der Waals surface area contributed by atoms with Crippen LogP contribution in [0.3, 0.4) is 0 Å². The highest BCUT2D eigenvalue weighted by Crippen LogP contribution is 2.24. The molecule has 6 nitrogen and oxygen atoms in total. The second-order valence-corrected chi connectivity index (χ2v) is 5.13. The van der Waals surface area contributed by atoms with Crippen molar-refractivity contribution in [2.24, 2.45) is 0 Å². The van der Waals surface area contributed by atoms with Gasteiger partial charge >= 0.3 is 11.9 Å². The van der Waals surface area contributed by atoms with E-state index in [-0.39, 0.29) is 12.2 Å². The van der Waals surface area contributed by atoms with Crippen molar-refractivity contribution in [3.63, 3.8) is 0 Å². The maximum Gasteiger partial charge on any atom is 0.350 e. The summed E-state index contributed by atoms with van der Waals surface area (Å²) in [5.74, 6) is -2.72. The number of aliphatic hydroxyl groups is 1. The Labute approximate surface area is 122 Å². The van der Waals surface area contributed by atoms with Gasteiger partial charge in [-0.3, -0.25) is 0 Å². The molecular weight excluding hydrogens is 274 g/mol. The molecule has 0 atom stereocenters. The third kappa shape index (κ3) is 3.22. The first-order valence-corrected chi connectivity index (χ1v) is 6.47. The number of carbonyl (C=O) groups is 2. The monoisotopic (exact) mass is 291 g/mol. The molecule has 0 unspecified atom stereocenters. The molecule has 1 aliphatic heterocycles. The summed E-state index contributed by atoms with van der Waals surface area (Å²) in [5.41, 5.74) is 2.06. The molecule has 0 aromatic heterocycles. The minimum atomic E-state index is -1.25. The van der Waals surface area contributed by atoms with E-state index in [1.807, 2.05) is 6.92 Å². The second kappa shape index (κ2) is 5.57. The van der Waals surface area contributed by atoms with Crippen LogP contribution in [0.1, 0.15) is 25.0 Å². The highest BCUT2D eigenvalue weighted by molar-refractivity contribution is 6.15. The highest BCUT2D eigenvalue weighted by atomic mass is 16.7. The van der Waals surface area contributed by atoms with E-state index >= 15 is 0 Å². The quantitative estimate of drug-likeness (QED) is 0.500. The lowest BCUT2D eigenvalue weighted by Crippen LogP contribution is -2.42. The van der Waals surface area contributed by atoms with Crippen molar-refractivity contribution in [2.75, 3.05) is 5.32 Å². The molecule has 0 amide bonds. The molecule has 2 rings (SSSR count). The number of benzene rings is 1. The van der Waals surface area contributed by atoms with Crippen LogP contribution < -0.4 is 5.32 Å². The Morgan fingerprint density at radius 2 is 1.86 bits per heavy atom. The van der Waals surface area contributed by atoms with Crippen molar-refractivity contribution in [3.05, 3.63) is 41.1 Å². The number of carbonyl (C=O) groups excluding carboxylic acids is 2. The number of rotatable bonds is 3. The molecule has 1 heterocycles. The molecule has 1 fully saturated rings. The molecule has 112 valence electrons. The van der Waals surface area contributed by atoms with E-state index in [1.54, 1.807) is 18.2 Å². The second-order valence-electron chi connectivity index (χ2n) is 5.13. The van der Waals surface area contributed by atoms with Crippen molar-refractivity contribution in [1.29, 1.82) is 0 Å². The Bertz CT molecular complexity index is 596. The van der Waals surface area contributed by atoms with Gasteiger partial charge in [-0.2, -0.15) is 0 Å². The lowest BCUT2D eigenvalue weighted by atomic mass is 10.1. The predicted octanol–water partition coefficient (Wildman–Crippen LogP) is 1.62. The number of aliphatic hydroxyl groups excluding tert-OH is 1. The maximum absolute atomic E-state index is 11.8. The predicted molar refractivity (Wildman–Crippen MR) is 75.1 cm³/mol. The van der Waals surface area contributed by atoms with E-state index in [2.05, 4.69) is 5.32 Å². The molecule has 1 aliphatic rings. The van der Waals surface area contributed by atoms with Gasteiger partial charge in [0, 0.05) is 25.7 Å². The summed E-state index contributed by atoms with van der Waals surface area (Å²) in [4.78, 5) is 23.6. The molecule has 0 spiro atoms. The third-order valence-corrected chi connectivity index (χ3v) is 3.11. The van der Waals surface area contributed by atoms with Gasteiger partial charge in [-0.25, -0.2) is 9.59 Å².